The minimum absolute atomic E-state index is 0.0694. The lowest BCUT2D eigenvalue weighted by molar-refractivity contribution is -0.137. The number of hydrogen-bond acceptors (Lipinski definition) is 2. The highest BCUT2D eigenvalue weighted by atomic mass is 19.4. The summed E-state index contributed by atoms with van der Waals surface area (Å²) in [6.45, 7) is 1.73. The van der Waals surface area contributed by atoms with Gasteiger partial charge in [0.1, 0.15) is 5.82 Å². The highest BCUT2D eigenvalue weighted by molar-refractivity contribution is 5.95. The van der Waals surface area contributed by atoms with E-state index in [1.54, 1.807) is 6.92 Å². The van der Waals surface area contributed by atoms with Crippen molar-refractivity contribution >= 4 is 11.8 Å². The van der Waals surface area contributed by atoms with Crippen molar-refractivity contribution in [3.63, 3.8) is 0 Å². The van der Waals surface area contributed by atoms with E-state index < -0.39 is 29.4 Å². The molecule has 0 aromatic heterocycles. The van der Waals surface area contributed by atoms with Crippen molar-refractivity contribution in [1.82, 2.24) is 10.6 Å². The minimum atomic E-state index is -4.46. The molecule has 0 saturated heterocycles. The predicted octanol–water partition coefficient (Wildman–Crippen LogP) is 3.31. The summed E-state index contributed by atoms with van der Waals surface area (Å²) in [7, 11) is 0. The maximum absolute atomic E-state index is 13.4. The molecule has 0 aliphatic heterocycles. The molecule has 2 aromatic rings. The third-order valence-corrected chi connectivity index (χ3v) is 3.60. The number of hydrogen-bond donors (Lipinski definition) is 2. The Morgan fingerprint density at radius 1 is 0.885 bits per heavy atom. The topological polar surface area (TPSA) is 58.2 Å². The van der Waals surface area contributed by atoms with E-state index in [0.717, 1.165) is 30.3 Å². The van der Waals surface area contributed by atoms with Crippen LogP contribution in [-0.2, 0) is 6.18 Å². The zero-order valence-corrected chi connectivity index (χ0v) is 13.8. The summed E-state index contributed by atoms with van der Waals surface area (Å²) >= 11 is 0. The molecule has 2 rings (SSSR count). The van der Waals surface area contributed by atoms with Crippen LogP contribution in [0, 0.1) is 12.7 Å². The quantitative estimate of drug-likeness (QED) is 0.628. The van der Waals surface area contributed by atoms with Crippen LogP contribution < -0.4 is 10.6 Å². The van der Waals surface area contributed by atoms with Crippen molar-refractivity contribution in [2.24, 2.45) is 0 Å². The van der Waals surface area contributed by atoms with Gasteiger partial charge in [0.2, 0.25) is 0 Å². The van der Waals surface area contributed by atoms with Crippen molar-refractivity contribution in [3.8, 4) is 0 Å². The zero-order valence-electron chi connectivity index (χ0n) is 13.8. The molecule has 26 heavy (non-hydrogen) atoms. The summed E-state index contributed by atoms with van der Waals surface area (Å²) in [5, 5.41) is 4.99. The van der Waals surface area contributed by atoms with E-state index in [-0.39, 0.29) is 24.2 Å². The fraction of sp³-hybridized carbons (Fsp3) is 0.222. The third kappa shape index (κ3) is 5.05. The van der Waals surface area contributed by atoms with Crippen LogP contribution >= 0.6 is 0 Å². The van der Waals surface area contributed by atoms with Crippen LogP contribution in [0.5, 0.6) is 0 Å². The van der Waals surface area contributed by atoms with Crippen LogP contribution in [0.3, 0.4) is 0 Å². The summed E-state index contributed by atoms with van der Waals surface area (Å²) in [5.74, 6) is -1.55. The lowest BCUT2D eigenvalue weighted by Crippen LogP contribution is -2.34. The molecular weight excluding hydrogens is 352 g/mol. The first-order chi connectivity index (χ1) is 12.2. The van der Waals surface area contributed by atoms with Crippen molar-refractivity contribution in [1.29, 1.82) is 0 Å². The van der Waals surface area contributed by atoms with Gasteiger partial charge in [-0.3, -0.25) is 9.59 Å². The average molecular weight is 368 g/mol. The number of benzene rings is 2. The molecule has 4 nitrogen and oxygen atoms in total. The number of aryl methyl sites for hydroxylation is 1. The molecule has 0 bridgehead atoms. The third-order valence-electron chi connectivity index (χ3n) is 3.60. The number of alkyl halides is 3. The second-order valence-electron chi connectivity index (χ2n) is 5.55. The molecule has 0 fully saturated rings. The summed E-state index contributed by atoms with van der Waals surface area (Å²) in [5.41, 5.74) is -0.191. The Morgan fingerprint density at radius 2 is 1.38 bits per heavy atom. The normalized spacial score (nSPS) is 11.1. The SMILES string of the molecule is Cc1ccc(C(=O)NCCNC(=O)c2ccc(C(F)(F)F)cc2)cc1F. The van der Waals surface area contributed by atoms with Crippen LogP contribution in [0.2, 0.25) is 0 Å². The van der Waals surface area contributed by atoms with Gasteiger partial charge in [-0.1, -0.05) is 6.07 Å². The standard InChI is InChI=1S/C18H16F4N2O2/c1-11-2-3-13(10-15(11)19)17(26)24-9-8-23-16(25)12-4-6-14(7-5-12)18(20,21)22/h2-7,10H,8-9H2,1H3,(H,23,25)(H,24,26). The number of carbonyl (C=O) groups is 2. The predicted molar refractivity (Wildman–Crippen MR) is 87.2 cm³/mol. The smallest absolute Gasteiger partial charge is 0.350 e. The highest BCUT2D eigenvalue weighted by Crippen LogP contribution is 2.29. The summed E-state index contributed by atoms with van der Waals surface area (Å²) in [6.07, 6.45) is -4.46. The van der Waals surface area contributed by atoms with Crippen LogP contribution in [0.4, 0.5) is 17.6 Å². The van der Waals surface area contributed by atoms with Gasteiger partial charge in [0.05, 0.1) is 5.56 Å². The monoisotopic (exact) mass is 368 g/mol. The Kier molecular flexibility index (Phi) is 5.97. The van der Waals surface area contributed by atoms with E-state index in [1.807, 2.05) is 0 Å². The van der Waals surface area contributed by atoms with Crippen molar-refractivity contribution in [2.45, 2.75) is 13.1 Å². The molecule has 0 aliphatic rings. The van der Waals surface area contributed by atoms with Crippen molar-refractivity contribution < 1.29 is 27.2 Å². The van der Waals surface area contributed by atoms with E-state index >= 15 is 0 Å². The van der Waals surface area contributed by atoms with E-state index in [0.29, 0.717) is 5.56 Å². The Balaban J connectivity index is 1.81. The first kappa shape index (κ1) is 19.4. The molecule has 0 heterocycles. The first-order valence-corrected chi connectivity index (χ1v) is 7.68. The summed E-state index contributed by atoms with van der Waals surface area (Å²) in [4.78, 5) is 23.7. The molecule has 2 amide bonds. The minimum Gasteiger partial charge on any atom is -0.350 e. The van der Waals surface area contributed by atoms with Gasteiger partial charge in [0.25, 0.3) is 11.8 Å². The van der Waals surface area contributed by atoms with Crippen LogP contribution in [0.25, 0.3) is 0 Å². The molecular formula is C18H16F4N2O2. The van der Waals surface area contributed by atoms with E-state index in [9.17, 15) is 27.2 Å². The Bertz CT molecular complexity index is 802. The van der Waals surface area contributed by atoms with Gasteiger partial charge >= 0.3 is 6.18 Å². The van der Waals surface area contributed by atoms with Gasteiger partial charge in [-0.2, -0.15) is 13.2 Å². The fourth-order valence-electron chi connectivity index (χ4n) is 2.10. The molecule has 138 valence electrons. The van der Waals surface area contributed by atoms with Gasteiger partial charge in [0.15, 0.2) is 0 Å². The molecule has 0 aliphatic carbocycles. The molecule has 2 N–H and O–H groups in total. The van der Waals surface area contributed by atoms with Crippen LogP contribution in [0.1, 0.15) is 31.8 Å². The number of halogens is 4. The molecule has 0 spiro atoms. The largest absolute Gasteiger partial charge is 0.416 e. The number of carbonyl (C=O) groups excluding carboxylic acids is 2. The lowest BCUT2D eigenvalue weighted by Gasteiger charge is -2.09. The van der Waals surface area contributed by atoms with Gasteiger partial charge in [-0.15, -0.1) is 0 Å². The van der Waals surface area contributed by atoms with E-state index in [1.165, 1.54) is 12.1 Å². The van der Waals surface area contributed by atoms with Crippen molar-refractivity contribution in [2.75, 3.05) is 13.1 Å². The molecule has 0 atom stereocenters. The summed E-state index contributed by atoms with van der Waals surface area (Å²) < 4.78 is 50.8. The number of rotatable bonds is 5. The number of nitrogens with one attached hydrogen (secondary N) is 2. The maximum Gasteiger partial charge on any atom is 0.416 e. The Morgan fingerprint density at radius 3 is 1.88 bits per heavy atom. The van der Waals surface area contributed by atoms with Crippen molar-refractivity contribution in [3.05, 3.63) is 70.5 Å². The highest BCUT2D eigenvalue weighted by Gasteiger charge is 2.30. The molecule has 2 aromatic carbocycles. The fourth-order valence-corrected chi connectivity index (χ4v) is 2.10. The molecule has 8 heteroatoms. The average Bonchev–Trinajstić information content (AvgIpc) is 2.60. The van der Waals surface area contributed by atoms with Gasteiger partial charge in [0, 0.05) is 24.2 Å². The zero-order chi connectivity index (χ0) is 19.3. The first-order valence-electron chi connectivity index (χ1n) is 7.68. The van der Waals surface area contributed by atoms with Gasteiger partial charge < -0.3 is 10.6 Å². The van der Waals surface area contributed by atoms with E-state index in [4.69, 9.17) is 0 Å². The Hall–Kier alpha value is -2.90. The van der Waals surface area contributed by atoms with Crippen LogP contribution in [-0.4, -0.2) is 24.9 Å². The molecule has 0 radical (unpaired) electrons. The summed E-state index contributed by atoms with van der Waals surface area (Å²) in [6, 6.07) is 7.87. The molecule has 0 unspecified atom stereocenters. The second-order valence-corrected chi connectivity index (χ2v) is 5.55. The lowest BCUT2D eigenvalue weighted by atomic mass is 10.1. The number of amides is 2. The van der Waals surface area contributed by atoms with Crippen LogP contribution in [0.15, 0.2) is 42.5 Å². The maximum atomic E-state index is 13.4. The van der Waals surface area contributed by atoms with Gasteiger partial charge in [-0.05, 0) is 48.9 Å². The van der Waals surface area contributed by atoms with E-state index in [2.05, 4.69) is 10.6 Å². The van der Waals surface area contributed by atoms with Gasteiger partial charge in [-0.25, -0.2) is 4.39 Å². The second kappa shape index (κ2) is 7.99. The Labute approximate surface area is 147 Å². The molecule has 0 saturated carbocycles.